The molecule has 0 radical (unpaired) electrons. The number of carbonyl (C=O) groups is 1. The average molecular weight is 323 g/mol. The number of nitrogens with one attached hydrogen (secondary N) is 1. The first-order chi connectivity index (χ1) is 10.4. The van der Waals surface area contributed by atoms with Crippen molar-refractivity contribution in [1.82, 2.24) is 5.32 Å². The van der Waals surface area contributed by atoms with Crippen LogP contribution in [0, 0.1) is 21.7 Å². The van der Waals surface area contributed by atoms with Gasteiger partial charge in [-0.1, -0.05) is 13.8 Å². The molecule has 23 heavy (non-hydrogen) atoms. The Labute approximate surface area is 140 Å². The van der Waals surface area contributed by atoms with Crippen molar-refractivity contribution in [3.63, 3.8) is 0 Å². The quantitative estimate of drug-likeness (QED) is 0.829. The predicted octanol–water partition coefficient (Wildman–Crippen LogP) is 3.87. The summed E-state index contributed by atoms with van der Waals surface area (Å²) in [5, 5.41) is 13.1. The van der Waals surface area contributed by atoms with Gasteiger partial charge < -0.3 is 15.2 Å². The van der Waals surface area contributed by atoms with Crippen molar-refractivity contribution in [2.75, 3.05) is 13.2 Å². The predicted molar refractivity (Wildman–Crippen MR) is 90.1 cm³/mol. The van der Waals surface area contributed by atoms with Gasteiger partial charge in [0.25, 0.3) is 0 Å². The molecule has 4 fully saturated rings. The minimum Gasteiger partial charge on any atom is -0.444 e. The summed E-state index contributed by atoms with van der Waals surface area (Å²) >= 11 is 0. The maximum atomic E-state index is 12.1. The highest BCUT2D eigenvalue weighted by Crippen LogP contribution is 2.73. The first-order valence-electron chi connectivity index (χ1n) is 8.98. The Morgan fingerprint density at radius 1 is 1.00 bits per heavy atom. The number of carbonyl (C=O) groups excluding carboxylic acids is 1. The molecule has 4 nitrogen and oxygen atoms in total. The molecule has 2 N–H and O–H groups in total. The summed E-state index contributed by atoms with van der Waals surface area (Å²) in [6.07, 6.45) is 6.58. The van der Waals surface area contributed by atoms with Gasteiger partial charge in [0.2, 0.25) is 0 Å². The second-order valence-electron chi connectivity index (χ2n) is 10.7. The summed E-state index contributed by atoms with van der Waals surface area (Å²) in [7, 11) is 0. The van der Waals surface area contributed by atoms with Crippen molar-refractivity contribution >= 4 is 6.09 Å². The normalized spacial score (nSPS) is 45.1. The molecule has 0 spiro atoms. The Kier molecular flexibility index (Phi) is 3.61. The van der Waals surface area contributed by atoms with Gasteiger partial charge in [0.15, 0.2) is 0 Å². The van der Waals surface area contributed by atoms with E-state index in [1.807, 2.05) is 20.8 Å². The van der Waals surface area contributed by atoms with Gasteiger partial charge >= 0.3 is 6.09 Å². The molecule has 0 heterocycles. The SMILES string of the molecule is CC12CC3(C)CC(CO)(C1)CC(CNC(=O)OC(C)(C)C)(C2)C3. The Morgan fingerprint density at radius 3 is 2.00 bits per heavy atom. The van der Waals surface area contributed by atoms with Crippen LogP contribution in [0.4, 0.5) is 4.79 Å². The highest BCUT2D eigenvalue weighted by Gasteiger charge is 2.65. The van der Waals surface area contributed by atoms with Crippen LogP contribution in [0.5, 0.6) is 0 Å². The van der Waals surface area contributed by atoms with Gasteiger partial charge in [0, 0.05) is 13.2 Å². The maximum Gasteiger partial charge on any atom is 0.407 e. The van der Waals surface area contributed by atoms with E-state index in [1.165, 1.54) is 6.42 Å². The topological polar surface area (TPSA) is 58.6 Å². The van der Waals surface area contributed by atoms with Crippen LogP contribution in [-0.4, -0.2) is 30.0 Å². The van der Waals surface area contributed by atoms with E-state index in [2.05, 4.69) is 19.2 Å². The number of ether oxygens (including phenoxy) is 1. The molecule has 2 atom stereocenters. The van der Waals surface area contributed by atoms with Gasteiger partial charge in [-0.25, -0.2) is 4.79 Å². The van der Waals surface area contributed by atoms with Gasteiger partial charge in [0.05, 0.1) is 0 Å². The fraction of sp³-hybridized carbons (Fsp3) is 0.947. The van der Waals surface area contributed by atoms with Gasteiger partial charge in [-0.3, -0.25) is 0 Å². The molecule has 4 aliphatic rings. The van der Waals surface area contributed by atoms with Crippen molar-refractivity contribution in [3.8, 4) is 0 Å². The van der Waals surface area contributed by atoms with Crippen LogP contribution in [0.25, 0.3) is 0 Å². The summed E-state index contributed by atoms with van der Waals surface area (Å²) in [6, 6.07) is 0. The van der Waals surface area contributed by atoms with E-state index < -0.39 is 5.60 Å². The van der Waals surface area contributed by atoms with E-state index in [4.69, 9.17) is 4.74 Å². The second-order valence-corrected chi connectivity index (χ2v) is 10.7. The van der Waals surface area contributed by atoms with E-state index >= 15 is 0 Å². The third-order valence-corrected chi connectivity index (χ3v) is 6.15. The van der Waals surface area contributed by atoms with Crippen LogP contribution in [0.15, 0.2) is 0 Å². The summed E-state index contributed by atoms with van der Waals surface area (Å²) < 4.78 is 5.40. The molecule has 4 aliphatic carbocycles. The van der Waals surface area contributed by atoms with Gasteiger partial charge in [-0.05, 0) is 81.0 Å². The third kappa shape index (κ3) is 3.24. The molecule has 0 aromatic heterocycles. The number of amides is 1. The van der Waals surface area contributed by atoms with Gasteiger partial charge in [0.1, 0.15) is 5.60 Å². The van der Waals surface area contributed by atoms with Crippen LogP contribution in [0.1, 0.15) is 73.1 Å². The zero-order valence-corrected chi connectivity index (χ0v) is 15.4. The van der Waals surface area contributed by atoms with E-state index in [0.717, 1.165) is 32.1 Å². The van der Waals surface area contributed by atoms with Crippen molar-refractivity contribution in [3.05, 3.63) is 0 Å². The van der Waals surface area contributed by atoms with E-state index in [-0.39, 0.29) is 23.5 Å². The number of hydrogen-bond donors (Lipinski definition) is 2. The van der Waals surface area contributed by atoms with Crippen LogP contribution in [0.3, 0.4) is 0 Å². The zero-order valence-electron chi connectivity index (χ0n) is 15.4. The van der Waals surface area contributed by atoms with Crippen LogP contribution < -0.4 is 5.32 Å². The minimum atomic E-state index is -0.462. The Balaban J connectivity index is 1.75. The zero-order chi connectivity index (χ0) is 17.1. The van der Waals surface area contributed by atoms with Crippen molar-refractivity contribution in [2.45, 2.75) is 78.7 Å². The lowest BCUT2D eigenvalue weighted by atomic mass is 9.36. The summed E-state index contributed by atoms with van der Waals surface area (Å²) in [5.74, 6) is 0. The van der Waals surface area contributed by atoms with E-state index in [0.29, 0.717) is 17.4 Å². The Bertz CT molecular complexity index is 489. The molecule has 4 heteroatoms. The molecule has 0 aromatic rings. The summed E-state index contributed by atoms with van der Waals surface area (Å²) in [6.45, 7) is 11.4. The number of aliphatic hydroxyl groups excluding tert-OH is 1. The molecule has 132 valence electrons. The molecule has 0 saturated heterocycles. The van der Waals surface area contributed by atoms with Crippen molar-refractivity contribution < 1.29 is 14.6 Å². The van der Waals surface area contributed by atoms with Crippen LogP contribution in [-0.2, 0) is 4.74 Å². The highest BCUT2D eigenvalue weighted by atomic mass is 16.6. The first kappa shape index (κ1) is 17.1. The standard InChI is InChI=1S/C19H33NO3/c1-15(2,3)23-14(22)20-12-18-7-16(4)6-17(5,8-18)10-19(9-16,11-18)13-21/h21H,6-13H2,1-5H3,(H,20,22). The first-order valence-corrected chi connectivity index (χ1v) is 8.98. The molecular formula is C19H33NO3. The van der Waals surface area contributed by atoms with Crippen LogP contribution in [0.2, 0.25) is 0 Å². The average Bonchev–Trinajstić information content (AvgIpc) is 2.30. The molecule has 4 saturated carbocycles. The minimum absolute atomic E-state index is 0.0634. The monoisotopic (exact) mass is 323 g/mol. The molecule has 0 aliphatic heterocycles. The maximum absolute atomic E-state index is 12.1. The second kappa shape index (κ2) is 4.87. The summed E-state index contributed by atoms with van der Waals surface area (Å²) in [5.41, 5.74) is 0.339. The largest absolute Gasteiger partial charge is 0.444 e. The number of hydrogen-bond acceptors (Lipinski definition) is 3. The molecular weight excluding hydrogens is 290 g/mol. The Morgan fingerprint density at radius 2 is 1.52 bits per heavy atom. The fourth-order valence-corrected chi connectivity index (χ4v) is 7.13. The van der Waals surface area contributed by atoms with Crippen molar-refractivity contribution in [1.29, 1.82) is 0 Å². The van der Waals surface area contributed by atoms with Crippen LogP contribution >= 0.6 is 0 Å². The van der Waals surface area contributed by atoms with Gasteiger partial charge in [-0.2, -0.15) is 0 Å². The summed E-state index contributed by atoms with van der Waals surface area (Å²) in [4.78, 5) is 12.1. The fourth-order valence-electron chi connectivity index (χ4n) is 7.13. The van der Waals surface area contributed by atoms with Gasteiger partial charge in [-0.15, -0.1) is 0 Å². The lowest BCUT2D eigenvalue weighted by Crippen LogP contribution is -2.63. The molecule has 2 unspecified atom stereocenters. The number of aliphatic hydroxyl groups is 1. The van der Waals surface area contributed by atoms with E-state index in [9.17, 15) is 9.90 Å². The molecule has 0 aromatic carbocycles. The van der Waals surface area contributed by atoms with E-state index in [1.54, 1.807) is 0 Å². The molecule has 4 rings (SSSR count). The third-order valence-electron chi connectivity index (χ3n) is 6.15. The smallest absolute Gasteiger partial charge is 0.407 e. The van der Waals surface area contributed by atoms with Crippen molar-refractivity contribution in [2.24, 2.45) is 21.7 Å². The number of rotatable bonds is 3. The lowest BCUT2D eigenvalue weighted by Gasteiger charge is -2.69. The molecule has 4 bridgehead atoms. The molecule has 1 amide bonds. The highest BCUT2D eigenvalue weighted by molar-refractivity contribution is 5.67. The lowest BCUT2D eigenvalue weighted by molar-refractivity contribution is -0.199. The Hall–Kier alpha value is -0.770. The number of alkyl carbamates (subject to hydrolysis) is 1.